The molecular formula is C11H16ClNS. The molecule has 14 heavy (non-hydrogen) atoms. The average molecular weight is 230 g/mol. The number of halogens is 1. The van der Waals surface area contributed by atoms with E-state index in [1.807, 2.05) is 30.0 Å². The Balaban J connectivity index is 2.73. The summed E-state index contributed by atoms with van der Waals surface area (Å²) < 4.78 is 0. The smallest absolute Gasteiger partial charge is 0.0449 e. The number of nitrogens with two attached hydrogens (primary N) is 1. The molecule has 0 fully saturated rings. The second kappa shape index (κ2) is 6.33. The van der Waals surface area contributed by atoms with Gasteiger partial charge in [-0.2, -0.15) is 11.8 Å². The fourth-order valence-corrected chi connectivity index (χ4v) is 2.65. The summed E-state index contributed by atoms with van der Waals surface area (Å²) in [4.78, 5) is 0. The van der Waals surface area contributed by atoms with Crippen LogP contribution in [0.5, 0.6) is 0 Å². The standard InChI is InChI=1S/C11H16ClNS/c1-2-7-14-11(8-13)9-5-3-4-6-10(9)12/h3-6,11H,2,7-8,13H2,1H3. The molecule has 0 bridgehead atoms. The van der Waals surface area contributed by atoms with Crippen LogP contribution in [0.15, 0.2) is 24.3 Å². The van der Waals surface area contributed by atoms with Crippen molar-refractivity contribution in [3.05, 3.63) is 34.9 Å². The summed E-state index contributed by atoms with van der Waals surface area (Å²) in [7, 11) is 0. The maximum absolute atomic E-state index is 6.11. The highest BCUT2D eigenvalue weighted by Gasteiger charge is 2.12. The van der Waals surface area contributed by atoms with E-state index < -0.39 is 0 Å². The van der Waals surface area contributed by atoms with Crippen molar-refractivity contribution in [3.63, 3.8) is 0 Å². The van der Waals surface area contributed by atoms with E-state index in [4.69, 9.17) is 17.3 Å². The maximum atomic E-state index is 6.11. The van der Waals surface area contributed by atoms with Crippen LogP contribution in [0.1, 0.15) is 24.2 Å². The van der Waals surface area contributed by atoms with E-state index in [1.54, 1.807) is 0 Å². The highest BCUT2D eigenvalue weighted by molar-refractivity contribution is 7.99. The summed E-state index contributed by atoms with van der Waals surface area (Å²) in [5.74, 6) is 1.13. The first-order chi connectivity index (χ1) is 6.79. The van der Waals surface area contributed by atoms with Gasteiger partial charge in [0, 0.05) is 16.8 Å². The summed E-state index contributed by atoms with van der Waals surface area (Å²) in [5, 5.41) is 1.16. The van der Waals surface area contributed by atoms with Crippen LogP contribution in [0.3, 0.4) is 0 Å². The predicted octanol–water partition coefficient (Wildman–Crippen LogP) is 3.48. The van der Waals surface area contributed by atoms with Crippen molar-refractivity contribution >= 4 is 23.4 Å². The van der Waals surface area contributed by atoms with Gasteiger partial charge in [0.2, 0.25) is 0 Å². The molecule has 0 radical (unpaired) electrons. The Bertz CT molecular complexity index is 278. The summed E-state index contributed by atoms with van der Waals surface area (Å²) in [6.07, 6.45) is 1.17. The van der Waals surface area contributed by atoms with E-state index >= 15 is 0 Å². The molecule has 0 heterocycles. The van der Waals surface area contributed by atoms with E-state index in [0.717, 1.165) is 16.3 Å². The van der Waals surface area contributed by atoms with E-state index in [0.29, 0.717) is 11.8 Å². The predicted molar refractivity (Wildman–Crippen MR) is 66.0 cm³/mol. The van der Waals surface area contributed by atoms with Crippen molar-refractivity contribution in [3.8, 4) is 0 Å². The number of hydrogen-bond acceptors (Lipinski definition) is 2. The highest BCUT2D eigenvalue weighted by Crippen LogP contribution is 2.32. The topological polar surface area (TPSA) is 26.0 Å². The molecule has 1 nitrogen and oxygen atoms in total. The molecular weight excluding hydrogens is 214 g/mol. The average Bonchev–Trinajstić information content (AvgIpc) is 2.21. The number of hydrogen-bond donors (Lipinski definition) is 1. The van der Waals surface area contributed by atoms with Crippen molar-refractivity contribution in [2.45, 2.75) is 18.6 Å². The minimum atomic E-state index is 0.337. The zero-order chi connectivity index (χ0) is 10.4. The van der Waals surface area contributed by atoms with Gasteiger partial charge in [0.15, 0.2) is 0 Å². The molecule has 1 aromatic rings. The summed E-state index contributed by atoms with van der Waals surface area (Å²) in [6.45, 7) is 2.82. The van der Waals surface area contributed by atoms with Crippen LogP contribution < -0.4 is 5.73 Å². The van der Waals surface area contributed by atoms with E-state index in [9.17, 15) is 0 Å². The SMILES string of the molecule is CCCSC(CN)c1ccccc1Cl. The van der Waals surface area contributed by atoms with Gasteiger partial charge in [-0.25, -0.2) is 0 Å². The Kier molecular flexibility index (Phi) is 5.38. The minimum absolute atomic E-state index is 0.337. The van der Waals surface area contributed by atoms with E-state index in [1.165, 1.54) is 6.42 Å². The Morgan fingerprint density at radius 1 is 1.43 bits per heavy atom. The molecule has 0 aromatic heterocycles. The first kappa shape index (κ1) is 11.9. The summed E-state index contributed by atoms with van der Waals surface area (Å²) in [6, 6.07) is 7.94. The molecule has 0 saturated carbocycles. The number of benzene rings is 1. The van der Waals surface area contributed by atoms with Crippen molar-refractivity contribution in [1.82, 2.24) is 0 Å². The first-order valence-corrected chi connectivity index (χ1v) is 6.28. The second-order valence-corrected chi connectivity index (χ2v) is 4.83. The third-order valence-corrected chi connectivity index (χ3v) is 3.83. The van der Waals surface area contributed by atoms with Gasteiger partial charge in [-0.05, 0) is 23.8 Å². The Hall–Kier alpha value is -0.180. The molecule has 1 atom stereocenters. The zero-order valence-electron chi connectivity index (χ0n) is 8.37. The zero-order valence-corrected chi connectivity index (χ0v) is 9.94. The number of rotatable bonds is 5. The van der Waals surface area contributed by atoms with Crippen LogP contribution in [0.2, 0.25) is 5.02 Å². The normalized spacial score (nSPS) is 12.8. The lowest BCUT2D eigenvalue weighted by Crippen LogP contribution is -2.10. The van der Waals surface area contributed by atoms with Crippen LogP contribution in [-0.4, -0.2) is 12.3 Å². The Labute approximate surface area is 95.0 Å². The van der Waals surface area contributed by atoms with E-state index in [-0.39, 0.29) is 0 Å². The van der Waals surface area contributed by atoms with Gasteiger partial charge in [-0.1, -0.05) is 36.7 Å². The van der Waals surface area contributed by atoms with Crippen LogP contribution in [0.4, 0.5) is 0 Å². The molecule has 0 aliphatic rings. The third kappa shape index (κ3) is 3.19. The second-order valence-electron chi connectivity index (χ2n) is 3.12. The van der Waals surface area contributed by atoms with Gasteiger partial charge in [0.05, 0.1) is 0 Å². The number of thioether (sulfide) groups is 1. The molecule has 1 aromatic carbocycles. The molecule has 0 spiro atoms. The first-order valence-electron chi connectivity index (χ1n) is 4.85. The van der Waals surface area contributed by atoms with Crippen molar-refractivity contribution in [1.29, 1.82) is 0 Å². The molecule has 2 N–H and O–H groups in total. The van der Waals surface area contributed by atoms with Gasteiger partial charge in [0.1, 0.15) is 0 Å². The van der Waals surface area contributed by atoms with Crippen molar-refractivity contribution in [2.24, 2.45) is 5.73 Å². The fourth-order valence-electron chi connectivity index (χ4n) is 1.28. The van der Waals surface area contributed by atoms with Gasteiger partial charge in [-0.15, -0.1) is 0 Å². The molecule has 0 amide bonds. The van der Waals surface area contributed by atoms with Gasteiger partial charge < -0.3 is 5.73 Å². The Morgan fingerprint density at radius 2 is 2.14 bits per heavy atom. The van der Waals surface area contributed by atoms with Gasteiger partial charge in [0.25, 0.3) is 0 Å². The Morgan fingerprint density at radius 3 is 2.71 bits per heavy atom. The van der Waals surface area contributed by atoms with Crippen LogP contribution in [-0.2, 0) is 0 Å². The van der Waals surface area contributed by atoms with Crippen LogP contribution in [0, 0.1) is 0 Å². The lowest BCUT2D eigenvalue weighted by Gasteiger charge is -2.15. The molecule has 3 heteroatoms. The summed E-state index contributed by atoms with van der Waals surface area (Å²) >= 11 is 7.99. The highest BCUT2D eigenvalue weighted by atomic mass is 35.5. The minimum Gasteiger partial charge on any atom is -0.329 e. The van der Waals surface area contributed by atoms with Gasteiger partial charge >= 0.3 is 0 Å². The third-order valence-electron chi connectivity index (χ3n) is 1.99. The molecule has 1 rings (SSSR count). The maximum Gasteiger partial charge on any atom is 0.0449 e. The quantitative estimate of drug-likeness (QED) is 0.837. The fraction of sp³-hybridized carbons (Fsp3) is 0.455. The molecule has 0 aliphatic heterocycles. The monoisotopic (exact) mass is 229 g/mol. The lowest BCUT2D eigenvalue weighted by molar-refractivity contribution is 0.936. The van der Waals surface area contributed by atoms with Crippen LogP contribution >= 0.6 is 23.4 Å². The van der Waals surface area contributed by atoms with E-state index in [2.05, 4.69) is 13.0 Å². The largest absolute Gasteiger partial charge is 0.329 e. The molecule has 0 aliphatic carbocycles. The molecule has 78 valence electrons. The van der Waals surface area contributed by atoms with Crippen molar-refractivity contribution < 1.29 is 0 Å². The van der Waals surface area contributed by atoms with Crippen LogP contribution in [0.25, 0.3) is 0 Å². The van der Waals surface area contributed by atoms with Crippen molar-refractivity contribution in [2.75, 3.05) is 12.3 Å². The summed E-state index contributed by atoms with van der Waals surface area (Å²) in [5.41, 5.74) is 6.90. The van der Waals surface area contributed by atoms with Gasteiger partial charge in [-0.3, -0.25) is 0 Å². The molecule has 0 saturated heterocycles. The lowest BCUT2D eigenvalue weighted by atomic mass is 10.1. The molecule has 1 unspecified atom stereocenters.